The lowest BCUT2D eigenvalue weighted by Gasteiger charge is -2.38. The van der Waals surface area contributed by atoms with E-state index < -0.39 is 14.4 Å². The zero-order valence-electron chi connectivity index (χ0n) is 23.6. The van der Waals surface area contributed by atoms with Crippen molar-refractivity contribution in [1.29, 1.82) is 0 Å². The highest BCUT2D eigenvalue weighted by atomic mass is 127. The number of unbranched alkanes of at least 4 members (excludes halogenated alkanes) is 1. The van der Waals surface area contributed by atoms with Gasteiger partial charge in [-0.1, -0.05) is 57.2 Å². The van der Waals surface area contributed by atoms with Crippen LogP contribution in [-0.4, -0.2) is 72.0 Å². The molecule has 0 spiro atoms. The van der Waals surface area contributed by atoms with Gasteiger partial charge in [-0.3, -0.25) is 14.4 Å². The lowest BCUT2D eigenvalue weighted by molar-refractivity contribution is -0.132. The van der Waals surface area contributed by atoms with E-state index in [0.29, 0.717) is 39.3 Å². The second-order valence-corrected chi connectivity index (χ2v) is 14.9. The Bertz CT molecular complexity index is 694. The van der Waals surface area contributed by atoms with Crippen LogP contribution in [0.15, 0.2) is 0 Å². The van der Waals surface area contributed by atoms with E-state index in [9.17, 15) is 14.4 Å². The number of hydrogen-bond acceptors (Lipinski definition) is 6. The molecule has 0 aliphatic rings. The van der Waals surface area contributed by atoms with Crippen molar-refractivity contribution < 1.29 is 23.9 Å². The van der Waals surface area contributed by atoms with Crippen molar-refractivity contribution in [3.8, 4) is 0 Å². The topological polar surface area (TPSA) is 106 Å². The number of alkyl halides is 1. The molecule has 0 saturated heterocycles. The molecule has 0 heterocycles. The molecular formula is C26H50IN3O5S. The van der Waals surface area contributed by atoms with E-state index in [1.807, 2.05) is 34.6 Å². The Morgan fingerprint density at radius 3 is 1.97 bits per heavy atom. The maximum absolute atomic E-state index is 13.0. The molecule has 0 radical (unpaired) electrons. The molecule has 3 amide bonds. The molecule has 3 N–H and O–H groups in total. The predicted octanol–water partition coefficient (Wildman–Crippen LogP) is 3.90. The summed E-state index contributed by atoms with van der Waals surface area (Å²) in [6.45, 7) is 18.0. The van der Waals surface area contributed by atoms with Crippen LogP contribution in [0.3, 0.4) is 0 Å². The second-order valence-electron chi connectivity index (χ2n) is 12.0. The Hall–Kier alpha value is -0.590. The van der Waals surface area contributed by atoms with Crippen molar-refractivity contribution in [3.05, 3.63) is 0 Å². The largest absolute Gasteiger partial charge is 0.377 e. The standard InChI is InChI=1S/C26H50IN3O5S/c1-23(2,3)18-26(8,27)22(33)30-25(6,7)19-24(4,5)21(32)29-12-13-34-14-15-35-17-20(31)28-11-9-10-16-36/h36H,9-19H2,1-8H3,(H,28,31)(H,29,32)(H,30,33). The first-order valence-corrected chi connectivity index (χ1v) is 14.5. The molecule has 212 valence electrons. The van der Waals surface area contributed by atoms with Crippen molar-refractivity contribution >= 4 is 52.9 Å². The van der Waals surface area contributed by atoms with Crippen LogP contribution in [0.5, 0.6) is 0 Å². The molecule has 36 heavy (non-hydrogen) atoms. The molecule has 1 unspecified atom stereocenters. The molecule has 0 aliphatic heterocycles. The monoisotopic (exact) mass is 643 g/mol. The lowest BCUT2D eigenvalue weighted by Crippen LogP contribution is -2.54. The van der Waals surface area contributed by atoms with Gasteiger partial charge >= 0.3 is 0 Å². The van der Waals surface area contributed by atoms with Crippen LogP contribution >= 0.6 is 35.2 Å². The number of hydrogen-bond donors (Lipinski definition) is 4. The molecule has 8 nitrogen and oxygen atoms in total. The van der Waals surface area contributed by atoms with Crippen LogP contribution in [0.1, 0.15) is 81.1 Å². The number of rotatable bonds is 18. The first-order chi connectivity index (χ1) is 16.4. The van der Waals surface area contributed by atoms with Crippen LogP contribution in [0, 0.1) is 10.8 Å². The average molecular weight is 644 g/mol. The Kier molecular flexibility index (Phi) is 16.1. The maximum Gasteiger partial charge on any atom is 0.245 e. The molecule has 0 aromatic carbocycles. The minimum absolute atomic E-state index is 0.00833. The summed E-state index contributed by atoms with van der Waals surface area (Å²) in [5, 5.41) is 8.86. The fourth-order valence-electron chi connectivity index (χ4n) is 4.12. The SMILES string of the molecule is CC(C)(C)CC(C)(I)C(=O)NC(C)(C)CC(C)(C)C(=O)NCCOCCOCC(=O)NCCCCS. The third-order valence-electron chi connectivity index (χ3n) is 5.33. The molecule has 0 aliphatic carbocycles. The molecule has 0 fully saturated rings. The average Bonchev–Trinajstić information content (AvgIpc) is 2.70. The number of halogens is 1. The van der Waals surface area contributed by atoms with Gasteiger partial charge in [0.05, 0.1) is 23.2 Å². The minimum atomic E-state index is -0.675. The number of thiol groups is 1. The van der Waals surface area contributed by atoms with Crippen molar-refractivity contribution in [3.63, 3.8) is 0 Å². The first kappa shape index (κ1) is 35.4. The summed E-state index contributed by atoms with van der Waals surface area (Å²) in [6.07, 6.45) is 3.12. The molecule has 0 rings (SSSR count). The van der Waals surface area contributed by atoms with E-state index in [2.05, 4.69) is 71.9 Å². The summed E-state index contributed by atoms with van der Waals surface area (Å²) in [5.41, 5.74) is -1.19. The van der Waals surface area contributed by atoms with Crippen LogP contribution in [0.2, 0.25) is 0 Å². The molecular weight excluding hydrogens is 593 g/mol. The molecule has 0 saturated carbocycles. The van der Waals surface area contributed by atoms with E-state index in [1.54, 1.807) is 0 Å². The molecule has 0 aromatic rings. The van der Waals surface area contributed by atoms with Crippen LogP contribution in [0.4, 0.5) is 0 Å². The van der Waals surface area contributed by atoms with E-state index in [-0.39, 0.29) is 29.7 Å². The highest BCUT2D eigenvalue weighted by Gasteiger charge is 2.40. The van der Waals surface area contributed by atoms with Crippen molar-refractivity contribution in [1.82, 2.24) is 16.0 Å². The van der Waals surface area contributed by atoms with Gasteiger partial charge in [-0.15, -0.1) is 0 Å². The van der Waals surface area contributed by atoms with E-state index >= 15 is 0 Å². The molecule has 0 aromatic heterocycles. The summed E-state index contributed by atoms with van der Waals surface area (Å²) in [7, 11) is 0. The summed E-state index contributed by atoms with van der Waals surface area (Å²) in [4.78, 5) is 37.4. The van der Waals surface area contributed by atoms with Crippen LogP contribution in [-0.2, 0) is 23.9 Å². The van der Waals surface area contributed by atoms with Crippen LogP contribution in [0.25, 0.3) is 0 Å². The smallest absolute Gasteiger partial charge is 0.245 e. The molecule has 1 atom stereocenters. The number of carbonyl (C=O) groups is 3. The van der Waals surface area contributed by atoms with Gasteiger partial charge in [0, 0.05) is 24.0 Å². The van der Waals surface area contributed by atoms with Gasteiger partial charge < -0.3 is 25.4 Å². The Labute approximate surface area is 238 Å². The van der Waals surface area contributed by atoms with Gasteiger partial charge in [0.1, 0.15) is 6.61 Å². The summed E-state index contributed by atoms with van der Waals surface area (Å²) in [6, 6.07) is 0. The van der Waals surface area contributed by atoms with Crippen molar-refractivity contribution in [2.45, 2.75) is 90.0 Å². The Morgan fingerprint density at radius 1 is 0.778 bits per heavy atom. The Balaban J connectivity index is 4.27. The molecule has 0 bridgehead atoms. The molecule has 10 heteroatoms. The number of ether oxygens (including phenoxy) is 2. The summed E-state index contributed by atoms with van der Waals surface area (Å²) < 4.78 is 10.3. The van der Waals surface area contributed by atoms with Gasteiger partial charge in [0.15, 0.2) is 0 Å². The van der Waals surface area contributed by atoms with Gasteiger partial charge in [0.2, 0.25) is 17.7 Å². The minimum Gasteiger partial charge on any atom is -0.377 e. The fourth-order valence-corrected chi connectivity index (χ4v) is 5.62. The van der Waals surface area contributed by atoms with Crippen LogP contribution < -0.4 is 16.0 Å². The fraction of sp³-hybridized carbons (Fsp3) is 0.885. The van der Waals surface area contributed by atoms with Gasteiger partial charge in [-0.05, 0) is 57.6 Å². The number of amides is 3. The third-order valence-corrected chi connectivity index (χ3v) is 6.52. The van der Waals surface area contributed by atoms with Crippen molar-refractivity contribution in [2.24, 2.45) is 10.8 Å². The highest BCUT2D eigenvalue weighted by Crippen LogP contribution is 2.35. The van der Waals surface area contributed by atoms with Gasteiger partial charge in [-0.25, -0.2) is 0 Å². The number of nitrogens with one attached hydrogen (secondary N) is 3. The maximum atomic E-state index is 13.0. The highest BCUT2D eigenvalue weighted by molar-refractivity contribution is 14.1. The third kappa shape index (κ3) is 17.0. The predicted molar refractivity (Wildman–Crippen MR) is 158 cm³/mol. The normalized spacial score (nSPS) is 14.2. The first-order valence-electron chi connectivity index (χ1n) is 12.7. The summed E-state index contributed by atoms with van der Waals surface area (Å²) in [5.74, 6) is 0.570. The van der Waals surface area contributed by atoms with E-state index in [1.165, 1.54) is 0 Å². The Morgan fingerprint density at radius 2 is 1.39 bits per heavy atom. The van der Waals surface area contributed by atoms with Crippen molar-refractivity contribution in [2.75, 3.05) is 45.3 Å². The van der Waals surface area contributed by atoms with E-state index in [0.717, 1.165) is 25.0 Å². The second kappa shape index (κ2) is 16.4. The van der Waals surface area contributed by atoms with E-state index in [4.69, 9.17) is 9.47 Å². The quantitative estimate of drug-likeness (QED) is 0.0786. The lowest BCUT2D eigenvalue weighted by atomic mass is 9.78. The summed E-state index contributed by atoms with van der Waals surface area (Å²) >= 11 is 6.36. The number of carbonyl (C=O) groups excluding carboxylic acids is 3. The van der Waals surface area contributed by atoms with Gasteiger partial charge in [-0.2, -0.15) is 12.6 Å². The zero-order valence-corrected chi connectivity index (χ0v) is 26.7. The van der Waals surface area contributed by atoms with Gasteiger partial charge in [0.25, 0.3) is 0 Å². The zero-order chi connectivity index (χ0) is 28.0.